The lowest BCUT2D eigenvalue weighted by molar-refractivity contribution is 0.102. The van der Waals surface area contributed by atoms with Crippen LogP contribution >= 0.6 is 22.9 Å². The van der Waals surface area contributed by atoms with E-state index in [1.807, 2.05) is 31.2 Å². The van der Waals surface area contributed by atoms with E-state index >= 15 is 0 Å². The van der Waals surface area contributed by atoms with Crippen molar-refractivity contribution in [3.05, 3.63) is 64.3 Å². The predicted molar refractivity (Wildman–Crippen MR) is 89.5 cm³/mol. The Morgan fingerprint density at radius 3 is 2.82 bits per heavy atom. The Morgan fingerprint density at radius 2 is 2.09 bits per heavy atom. The molecule has 0 bridgehead atoms. The third kappa shape index (κ3) is 3.16. The number of aromatic nitrogens is 2. The van der Waals surface area contributed by atoms with Gasteiger partial charge in [0.1, 0.15) is 5.69 Å². The molecule has 1 aromatic carbocycles. The number of nitrogens with one attached hydrogen (secondary N) is 1. The predicted octanol–water partition coefficient (Wildman–Crippen LogP) is 4.42. The minimum Gasteiger partial charge on any atom is -0.296 e. The largest absolute Gasteiger partial charge is 0.296 e. The van der Waals surface area contributed by atoms with Crippen LogP contribution in [0.3, 0.4) is 0 Å². The zero-order valence-electron chi connectivity index (χ0n) is 11.7. The maximum atomic E-state index is 12.1. The lowest BCUT2D eigenvalue weighted by atomic mass is 10.1. The van der Waals surface area contributed by atoms with Gasteiger partial charge in [0.25, 0.3) is 5.91 Å². The van der Waals surface area contributed by atoms with E-state index in [4.69, 9.17) is 11.6 Å². The molecule has 4 nitrogen and oxygen atoms in total. The first kappa shape index (κ1) is 14.7. The molecule has 0 spiro atoms. The summed E-state index contributed by atoms with van der Waals surface area (Å²) in [4.78, 5) is 21.6. The Bertz CT molecular complexity index is 817. The summed E-state index contributed by atoms with van der Waals surface area (Å²) < 4.78 is 0. The van der Waals surface area contributed by atoms with Gasteiger partial charge in [0.15, 0.2) is 5.13 Å². The van der Waals surface area contributed by atoms with Gasteiger partial charge in [0.05, 0.1) is 5.69 Å². The van der Waals surface area contributed by atoms with Crippen LogP contribution in [0.4, 0.5) is 5.13 Å². The summed E-state index contributed by atoms with van der Waals surface area (Å²) in [6, 6.07) is 12.7. The van der Waals surface area contributed by atoms with Crippen LogP contribution in [0.25, 0.3) is 11.3 Å². The van der Waals surface area contributed by atoms with Gasteiger partial charge < -0.3 is 0 Å². The molecule has 0 unspecified atom stereocenters. The molecule has 1 N–H and O–H groups in total. The molecular formula is C16H12ClN3OS. The van der Waals surface area contributed by atoms with Crippen molar-refractivity contribution in [3.63, 3.8) is 0 Å². The SMILES string of the molecule is Cc1sc(NC(=O)c2ccccn2)nc1-c1cccc(Cl)c1. The summed E-state index contributed by atoms with van der Waals surface area (Å²) in [5, 5.41) is 3.98. The van der Waals surface area contributed by atoms with E-state index in [0.29, 0.717) is 15.8 Å². The first-order valence-electron chi connectivity index (χ1n) is 6.59. The van der Waals surface area contributed by atoms with Gasteiger partial charge in [0.2, 0.25) is 0 Å². The Balaban J connectivity index is 1.85. The number of anilines is 1. The fourth-order valence-corrected chi connectivity index (χ4v) is 3.03. The number of benzene rings is 1. The number of amides is 1. The van der Waals surface area contributed by atoms with Crippen LogP contribution in [-0.2, 0) is 0 Å². The van der Waals surface area contributed by atoms with Crippen LogP contribution in [-0.4, -0.2) is 15.9 Å². The average molecular weight is 330 g/mol. The lowest BCUT2D eigenvalue weighted by Gasteiger charge is -2.00. The Labute approximate surface area is 136 Å². The summed E-state index contributed by atoms with van der Waals surface area (Å²) >= 11 is 7.44. The number of carbonyl (C=O) groups excluding carboxylic acids is 1. The van der Waals surface area contributed by atoms with E-state index in [1.165, 1.54) is 11.3 Å². The zero-order chi connectivity index (χ0) is 15.5. The summed E-state index contributed by atoms with van der Waals surface area (Å²) in [7, 11) is 0. The van der Waals surface area contributed by atoms with Crippen LogP contribution < -0.4 is 5.32 Å². The van der Waals surface area contributed by atoms with Gasteiger partial charge in [0, 0.05) is 21.7 Å². The van der Waals surface area contributed by atoms with E-state index in [9.17, 15) is 4.79 Å². The fraction of sp³-hybridized carbons (Fsp3) is 0.0625. The van der Waals surface area contributed by atoms with Crippen molar-refractivity contribution >= 4 is 34.0 Å². The summed E-state index contributed by atoms with van der Waals surface area (Å²) in [6.07, 6.45) is 1.58. The van der Waals surface area contributed by atoms with Crippen LogP contribution in [0.1, 0.15) is 15.4 Å². The molecule has 0 radical (unpaired) electrons. The van der Waals surface area contributed by atoms with Crippen molar-refractivity contribution in [3.8, 4) is 11.3 Å². The van der Waals surface area contributed by atoms with Gasteiger partial charge in [-0.2, -0.15) is 0 Å². The van der Waals surface area contributed by atoms with Gasteiger partial charge in [-0.25, -0.2) is 4.98 Å². The minimum atomic E-state index is -0.271. The molecule has 2 aromatic heterocycles. The molecule has 0 saturated carbocycles. The Morgan fingerprint density at radius 1 is 1.23 bits per heavy atom. The van der Waals surface area contributed by atoms with Crippen LogP contribution in [0.2, 0.25) is 5.02 Å². The molecule has 110 valence electrons. The van der Waals surface area contributed by atoms with Gasteiger partial charge >= 0.3 is 0 Å². The second kappa shape index (κ2) is 6.25. The van der Waals surface area contributed by atoms with Crippen molar-refractivity contribution in [2.45, 2.75) is 6.92 Å². The van der Waals surface area contributed by atoms with Crippen LogP contribution in [0.15, 0.2) is 48.7 Å². The van der Waals surface area contributed by atoms with E-state index in [1.54, 1.807) is 24.4 Å². The monoisotopic (exact) mass is 329 g/mol. The van der Waals surface area contributed by atoms with Crippen molar-refractivity contribution in [1.82, 2.24) is 9.97 Å². The van der Waals surface area contributed by atoms with Crippen LogP contribution in [0, 0.1) is 6.92 Å². The number of halogens is 1. The molecule has 3 aromatic rings. The number of carbonyl (C=O) groups is 1. The van der Waals surface area contributed by atoms with Gasteiger partial charge in [-0.15, -0.1) is 11.3 Å². The first-order valence-corrected chi connectivity index (χ1v) is 7.78. The second-order valence-electron chi connectivity index (χ2n) is 4.60. The van der Waals surface area contributed by atoms with Crippen molar-refractivity contribution in [2.75, 3.05) is 5.32 Å². The third-order valence-corrected chi connectivity index (χ3v) is 4.13. The second-order valence-corrected chi connectivity index (χ2v) is 6.24. The number of hydrogen-bond donors (Lipinski definition) is 1. The van der Waals surface area contributed by atoms with Gasteiger partial charge in [-0.05, 0) is 31.2 Å². The van der Waals surface area contributed by atoms with E-state index in [-0.39, 0.29) is 5.91 Å². The highest BCUT2D eigenvalue weighted by molar-refractivity contribution is 7.16. The number of aryl methyl sites for hydroxylation is 1. The average Bonchev–Trinajstić information content (AvgIpc) is 2.88. The van der Waals surface area contributed by atoms with E-state index < -0.39 is 0 Å². The topological polar surface area (TPSA) is 54.9 Å². The molecular weight excluding hydrogens is 318 g/mol. The highest BCUT2D eigenvalue weighted by Gasteiger charge is 2.13. The Hall–Kier alpha value is -2.24. The number of thiazole rings is 1. The quantitative estimate of drug-likeness (QED) is 0.774. The van der Waals surface area contributed by atoms with Crippen molar-refractivity contribution in [1.29, 1.82) is 0 Å². The fourth-order valence-electron chi connectivity index (χ4n) is 2.01. The molecule has 0 fully saturated rings. The molecule has 2 heterocycles. The van der Waals surface area contributed by atoms with Crippen molar-refractivity contribution in [2.24, 2.45) is 0 Å². The number of hydrogen-bond acceptors (Lipinski definition) is 4. The molecule has 0 aliphatic rings. The van der Waals surface area contributed by atoms with Crippen molar-refractivity contribution < 1.29 is 4.79 Å². The smallest absolute Gasteiger partial charge is 0.276 e. The third-order valence-electron chi connectivity index (χ3n) is 3.01. The summed E-state index contributed by atoms with van der Waals surface area (Å²) in [5.41, 5.74) is 2.11. The minimum absolute atomic E-state index is 0.271. The van der Waals surface area contributed by atoms with Gasteiger partial charge in [-0.1, -0.05) is 29.8 Å². The maximum Gasteiger partial charge on any atom is 0.276 e. The normalized spacial score (nSPS) is 10.5. The standard InChI is InChI=1S/C16H12ClN3OS/c1-10-14(11-5-4-6-12(17)9-11)19-16(22-10)20-15(21)13-7-2-3-8-18-13/h2-9H,1H3,(H,19,20,21). The highest BCUT2D eigenvalue weighted by Crippen LogP contribution is 2.31. The van der Waals surface area contributed by atoms with E-state index in [0.717, 1.165) is 16.1 Å². The highest BCUT2D eigenvalue weighted by atomic mass is 35.5. The first-order chi connectivity index (χ1) is 10.6. The molecule has 0 saturated heterocycles. The maximum absolute atomic E-state index is 12.1. The van der Waals surface area contributed by atoms with E-state index in [2.05, 4.69) is 15.3 Å². The molecule has 1 amide bonds. The molecule has 22 heavy (non-hydrogen) atoms. The van der Waals surface area contributed by atoms with Crippen LogP contribution in [0.5, 0.6) is 0 Å². The lowest BCUT2D eigenvalue weighted by Crippen LogP contribution is -2.13. The molecule has 3 rings (SSSR count). The number of pyridine rings is 1. The molecule has 6 heteroatoms. The molecule has 0 aliphatic heterocycles. The molecule has 0 aliphatic carbocycles. The Kier molecular flexibility index (Phi) is 4.18. The summed E-state index contributed by atoms with van der Waals surface area (Å²) in [5.74, 6) is -0.271. The summed E-state index contributed by atoms with van der Waals surface area (Å²) in [6.45, 7) is 1.96. The number of rotatable bonds is 3. The number of nitrogens with zero attached hydrogens (tertiary/aromatic N) is 2. The molecule has 0 atom stereocenters. The zero-order valence-corrected chi connectivity index (χ0v) is 13.3. The van der Waals surface area contributed by atoms with Gasteiger partial charge in [-0.3, -0.25) is 15.1 Å².